The number of anilines is 3. The number of ether oxygens (including phenoxy) is 1. The molecule has 0 saturated carbocycles. The maximum atomic E-state index is 14.0. The second-order valence-electron chi connectivity index (χ2n) is 3.82. The molecule has 0 fully saturated rings. The zero-order valence-electron chi connectivity index (χ0n) is 9.68. The summed E-state index contributed by atoms with van der Waals surface area (Å²) in [6.07, 6.45) is 0. The molecule has 1 heterocycles. The monoisotopic (exact) mass is 262 g/mol. The number of benzene rings is 2. The molecule has 0 saturated heterocycles. The molecule has 0 spiro atoms. The van der Waals surface area contributed by atoms with E-state index in [4.69, 9.17) is 4.74 Å². The van der Waals surface area contributed by atoms with Gasteiger partial charge in [0.2, 0.25) is 0 Å². The number of fused-ring (bicyclic) bond motifs is 1. The van der Waals surface area contributed by atoms with Crippen molar-refractivity contribution in [2.24, 2.45) is 0 Å². The summed E-state index contributed by atoms with van der Waals surface area (Å²) in [5, 5.41) is 0. The van der Waals surface area contributed by atoms with E-state index >= 15 is 0 Å². The third kappa shape index (κ3) is 1.76. The van der Waals surface area contributed by atoms with Crippen LogP contribution < -0.4 is 13.8 Å². The van der Waals surface area contributed by atoms with Gasteiger partial charge >= 0.3 is 0 Å². The highest BCUT2D eigenvalue weighted by atomic mass is 32.2. The standard InChI is InChI=1S/C13H11FN2OS/c1-17-9-6-7-12(10(14)8-9)16-13-5-3-2-4-11(13)15-18-16/h2-8,15H,1H3. The molecule has 2 aromatic carbocycles. The molecule has 18 heavy (non-hydrogen) atoms. The number of methoxy groups -OCH3 is 1. The lowest BCUT2D eigenvalue weighted by Crippen LogP contribution is -2.05. The smallest absolute Gasteiger partial charge is 0.151 e. The Morgan fingerprint density at radius 1 is 1.17 bits per heavy atom. The number of hydrogen-bond donors (Lipinski definition) is 1. The predicted octanol–water partition coefficient (Wildman–Crippen LogP) is 3.96. The summed E-state index contributed by atoms with van der Waals surface area (Å²) in [5.74, 6) is 0.210. The average Bonchev–Trinajstić information content (AvgIpc) is 2.82. The molecule has 0 amide bonds. The van der Waals surface area contributed by atoms with Gasteiger partial charge in [-0.2, -0.15) is 0 Å². The van der Waals surface area contributed by atoms with Gasteiger partial charge in [-0.15, -0.1) is 0 Å². The highest BCUT2D eigenvalue weighted by Gasteiger charge is 2.23. The van der Waals surface area contributed by atoms with Crippen molar-refractivity contribution in [1.82, 2.24) is 0 Å². The van der Waals surface area contributed by atoms with E-state index in [2.05, 4.69) is 4.72 Å². The molecule has 1 aliphatic rings. The van der Waals surface area contributed by atoms with Crippen LogP contribution in [0.1, 0.15) is 0 Å². The van der Waals surface area contributed by atoms with Crippen LogP contribution in [0.3, 0.4) is 0 Å². The minimum Gasteiger partial charge on any atom is -0.497 e. The number of halogens is 1. The van der Waals surface area contributed by atoms with Crippen molar-refractivity contribution in [2.75, 3.05) is 16.1 Å². The fraction of sp³-hybridized carbons (Fsp3) is 0.0769. The minimum atomic E-state index is -0.305. The van der Waals surface area contributed by atoms with Crippen LogP contribution in [0.15, 0.2) is 42.5 Å². The van der Waals surface area contributed by atoms with Crippen molar-refractivity contribution < 1.29 is 9.13 Å². The van der Waals surface area contributed by atoms with Gasteiger partial charge in [0, 0.05) is 6.07 Å². The van der Waals surface area contributed by atoms with E-state index in [1.807, 2.05) is 28.6 Å². The maximum Gasteiger partial charge on any atom is 0.151 e. The second-order valence-corrected chi connectivity index (χ2v) is 4.57. The van der Waals surface area contributed by atoms with E-state index in [1.165, 1.54) is 25.3 Å². The van der Waals surface area contributed by atoms with Crippen LogP contribution in [0, 0.1) is 5.82 Å². The van der Waals surface area contributed by atoms with Crippen LogP contribution in [-0.2, 0) is 0 Å². The van der Waals surface area contributed by atoms with E-state index in [9.17, 15) is 4.39 Å². The molecule has 0 aromatic heterocycles. The normalized spacial score (nSPS) is 13.1. The van der Waals surface area contributed by atoms with Gasteiger partial charge in [0.25, 0.3) is 0 Å². The number of nitrogens with one attached hydrogen (secondary N) is 1. The Hall–Kier alpha value is -1.88. The number of rotatable bonds is 2. The van der Waals surface area contributed by atoms with Gasteiger partial charge < -0.3 is 9.46 Å². The summed E-state index contributed by atoms with van der Waals surface area (Å²) in [4.78, 5) is 0. The third-order valence-corrected chi connectivity index (χ3v) is 3.63. The fourth-order valence-corrected chi connectivity index (χ4v) is 2.71. The average molecular weight is 262 g/mol. The van der Waals surface area contributed by atoms with Crippen LogP contribution in [0.2, 0.25) is 0 Å². The Morgan fingerprint density at radius 2 is 2.00 bits per heavy atom. The Bertz CT molecular complexity index is 591. The van der Waals surface area contributed by atoms with Gasteiger partial charge in [-0.05, 0) is 24.3 Å². The summed E-state index contributed by atoms with van der Waals surface area (Å²) in [5.41, 5.74) is 2.45. The van der Waals surface area contributed by atoms with Crippen molar-refractivity contribution in [1.29, 1.82) is 0 Å². The molecular formula is C13H11FN2OS. The first-order valence-electron chi connectivity index (χ1n) is 5.45. The van der Waals surface area contributed by atoms with Crippen molar-refractivity contribution in [3.05, 3.63) is 48.3 Å². The van der Waals surface area contributed by atoms with Crippen molar-refractivity contribution >= 4 is 29.2 Å². The Labute approximate surface area is 109 Å². The molecule has 5 heteroatoms. The highest BCUT2D eigenvalue weighted by molar-refractivity contribution is 8.02. The van der Waals surface area contributed by atoms with Gasteiger partial charge in [0.15, 0.2) is 5.82 Å². The van der Waals surface area contributed by atoms with Crippen LogP contribution >= 0.6 is 12.1 Å². The molecule has 0 aliphatic carbocycles. The Kier molecular flexibility index (Phi) is 2.76. The molecule has 0 bridgehead atoms. The molecule has 92 valence electrons. The molecule has 1 aliphatic heterocycles. The third-order valence-electron chi connectivity index (χ3n) is 2.74. The number of hydrogen-bond acceptors (Lipinski definition) is 4. The Balaban J connectivity index is 2.02. The summed E-state index contributed by atoms with van der Waals surface area (Å²) in [6, 6.07) is 12.6. The molecule has 3 rings (SSSR count). The first kappa shape index (κ1) is 11.2. The first-order chi connectivity index (χ1) is 8.79. The SMILES string of the molecule is COc1ccc(N2SNc3ccccc32)c(F)c1. The quantitative estimate of drug-likeness (QED) is 0.828. The molecular weight excluding hydrogens is 251 g/mol. The van der Waals surface area contributed by atoms with Crippen molar-refractivity contribution in [3.63, 3.8) is 0 Å². The second kappa shape index (κ2) is 4.42. The Morgan fingerprint density at radius 3 is 2.78 bits per heavy atom. The first-order valence-corrected chi connectivity index (χ1v) is 6.22. The highest BCUT2D eigenvalue weighted by Crippen LogP contribution is 2.45. The summed E-state index contributed by atoms with van der Waals surface area (Å²) in [7, 11) is 1.52. The van der Waals surface area contributed by atoms with Crippen LogP contribution in [-0.4, -0.2) is 7.11 Å². The lowest BCUT2D eigenvalue weighted by molar-refractivity contribution is 0.411. The van der Waals surface area contributed by atoms with E-state index in [-0.39, 0.29) is 5.82 Å². The van der Waals surface area contributed by atoms with Crippen LogP contribution in [0.5, 0.6) is 5.75 Å². The zero-order valence-corrected chi connectivity index (χ0v) is 10.5. The molecule has 3 nitrogen and oxygen atoms in total. The largest absolute Gasteiger partial charge is 0.497 e. The molecule has 0 radical (unpaired) electrons. The lowest BCUT2D eigenvalue weighted by Gasteiger charge is -2.17. The fourth-order valence-electron chi connectivity index (χ4n) is 1.84. The topological polar surface area (TPSA) is 24.5 Å². The summed E-state index contributed by atoms with van der Waals surface area (Å²) in [6.45, 7) is 0. The van der Waals surface area contributed by atoms with Gasteiger partial charge in [-0.1, -0.05) is 12.1 Å². The predicted molar refractivity (Wildman–Crippen MR) is 72.7 cm³/mol. The van der Waals surface area contributed by atoms with E-state index in [0.29, 0.717) is 11.4 Å². The van der Waals surface area contributed by atoms with Gasteiger partial charge in [-0.25, -0.2) is 4.39 Å². The van der Waals surface area contributed by atoms with Crippen LogP contribution in [0.25, 0.3) is 0 Å². The summed E-state index contributed by atoms with van der Waals surface area (Å²) < 4.78 is 24.0. The molecule has 2 aromatic rings. The zero-order chi connectivity index (χ0) is 12.5. The number of para-hydroxylation sites is 2. The van der Waals surface area contributed by atoms with E-state index in [1.54, 1.807) is 12.1 Å². The molecule has 1 N–H and O–H groups in total. The number of nitrogens with zero attached hydrogens (tertiary/aromatic N) is 1. The lowest BCUT2D eigenvalue weighted by atomic mass is 10.2. The van der Waals surface area contributed by atoms with E-state index < -0.39 is 0 Å². The molecule has 0 atom stereocenters. The minimum absolute atomic E-state index is 0.305. The van der Waals surface area contributed by atoms with E-state index in [0.717, 1.165) is 11.4 Å². The van der Waals surface area contributed by atoms with Crippen molar-refractivity contribution in [3.8, 4) is 5.75 Å². The molecule has 0 unspecified atom stereocenters. The van der Waals surface area contributed by atoms with Crippen LogP contribution in [0.4, 0.5) is 21.5 Å². The maximum absolute atomic E-state index is 14.0. The van der Waals surface area contributed by atoms with Gasteiger partial charge in [-0.3, -0.25) is 4.31 Å². The van der Waals surface area contributed by atoms with Crippen molar-refractivity contribution in [2.45, 2.75) is 0 Å². The van der Waals surface area contributed by atoms with Gasteiger partial charge in [0.05, 0.1) is 36.3 Å². The summed E-state index contributed by atoms with van der Waals surface area (Å²) >= 11 is 1.35. The van der Waals surface area contributed by atoms with Gasteiger partial charge in [0.1, 0.15) is 5.75 Å².